The number of non-ortho nitro benzene ring substituents is 1. The van der Waals surface area contributed by atoms with Gasteiger partial charge in [-0.05, 0) is 66.1 Å². The maximum Gasteiger partial charge on any atom is 0.335 e. The molecular weight excluding hydrogens is 428 g/mol. The summed E-state index contributed by atoms with van der Waals surface area (Å²) in [5.74, 6) is -0.317. The van der Waals surface area contributed by atoms with Crippen LogP contribution >= 0.6 is 0 Å². The third-order valence-corrected chi connectivity index (χ3v) is 6.91. The molecule has 0 aliphatic heterocycles. The average molecular weight is 465 g/mol. The summed E-state index contributed by atoms with van der Waals surface area (Å²) < 4.78 is 0. The van der Waals surface area contributed by atoms with Crippen molar-refractivity contribution in [1.82, 2.24) is 0 Å². The minimum absolute atomic E-state index is 0.140. The molecule has 0 heterocycles. The van der Waals surface area contributed by atoms with E-state index in [1.54, 1.807) is 12.1 Å². The molecule has 0 unspecified atom stereocenters. The third-order valence-electron chi connectivity index (χ3n) is 6.91. The summed E-state index contributed by atoms with van der Waals surface area (Å²) in [6.45, 7) is 8.24. The molecule has 0 saturated heterocycles. The molecule has 182 valence electrons. The zero-order valence-electron chi connectivity index (χ0n) is 20.9. The van der Waals surface area contributed by atoms with Crippen molar-refractivity contribution in [2.75, 3.05) is 0 Å². The smallest absolute Gasteiger partial charge is 0.318 e. The van der Waals surface area contributed by atoms with E-state index in [0.29, 0.717) is 12.1 Å². The molecule has 1 aliphatic rings. The largest absolute Gasteiger partial charge is 0.335 e. The van der Waals surface area contributed by atoms with Gasteiger partial charge in [0.15, 0.2) is 0 Å². The normalized spacial score (nSPS) is 13.9. The monoisotopic (exact) mass is 464 g/mol. The number of rotatable bonds is 12. The van der Waals surface area contributed by atoms with E-state index in [1.165, 1.54) is 5.56 Å². The molecule has 0 bridgehead atoms. The highest BCUT2D eigenvalue weighted by Crippen LogP contribution is 2.55. The van der Waals surface area contributed by atoms with Gasteiger partial charge in [-0.2, -0.15) is 0 Å². The van der Waals surface area contributed by atoms with Gasteiger partial charge in [0.1, 0.15) is 0 Å². The molecule has 0 amide bonds. The van der Waals surface area contributed by atoms with E-state index in [-0.39, 0.29) is 22.0 Å². The summed E-state index contributed by atoms with van der Waals surface area (Å²) in [6.07, 6.45) is 8.15. The van der Waals surface area contributed by atoms with Gasteiger partial charge in [-0.1, -0.05) is 70.2 Å². The number of carbonyl (C=O) groups is 1. The van der Waals surface area contributed by atoms with Crippen LogP contribution in [-0.4, -0.2) is 16.6 Å². The van der Waals surface area contributed by atoms with E-state index in [9.17, 15) is 14.9 Å². The summed E-state index contributed by atoms with van der Waals surface area (Å²) in [7, 11) is 0. The van der Waals surface area contributed by atoms with Crippen molar-refractivity contribution in [2.45, 2.75) is 90.9 Å². The van der Waals surface area contributed by atoms with Crippen LogP contribution < -0.4 is 0 Å². The van der Waals surface area contributed by atoms with Crippen molar-refractivity contribution < 1.29 is 14.6 Å². The molecule has 0 radical (unpaired) electrons. The second kappa shape index (κ2) is 11.4. The lowest BCUT2D eigenvalue weighted by atomic mass is 9.70. The third kappa shape index (κ3) is 5.21. The first-order valence-corrected chi connectivity index (χ1v) is 12.6. The first-order chi connectivity index (χ1) is 16.4. The molecule has 0 fully saturated rings. The van der Waals surface area contributed by atoms with E-state index < -0.39 is 0 Å². The standard InChI is InChI=1S/C28H36N2O4/c1-5-8-11-27(31)34-29-20(4)21-12-14-23-24-15-13-22(30(32)33)19-26(24)28(16-9-6-2,17-10-7-3)25(23)18-21/h12-15,18-19H,5-11,16-17H2,1-4H3/b29-20+. The number of oxime groups is 1. The van der Waals surface area contributed by atoms with Gasteiger partial charge >= 0.3 is 5.97 Å². The number of nitro benzene ring substituents is 1. The number of carbonyl (C=O) groups excluding carboxylic acids is 1. The van der Waals surface area contributed by atoms with Crippen LogP contribution in [0.4, 0.5) is 5.69 Å². The summed E-state index contributed by atoms with van der Waals surface area (Å²) in [5.41, 5.74) is 5.91. The fraction of sp³-hybridized carbons (Fsp3) is 0.500. The molecule has 0 aromatic heterocycles. The van der Waals surface area contributed by atoms with Crippen molar-refractivity contribution in [1.29, 1.82) is 0 Å². The van der Waals surface area contributed by atoms with E-state index in [1.807, 2.05) is 26.0 Å². The lowest BCUT2D eigenvalue weighted by Gasteiger charge is -2.32. The van der Waals surface area contributed by atoms with E-state index in [4.69, 9.17) is 4.84 Å². The minimum atomic E-state index is -0.317. The van der Waals surface area contributed by atoms with Crippen molar-refractivity contribution in [2.24, 2.45) is 5.16 Å². The summed E-state index contributed by atoms with van der Waals surface area (Å²) in [6, 6.07) is 11.5. The molecule has 1 aliphatic carbocycles. The summed E-state index contributed by atoms with van der Waals surface area (Å²) in [5, 5.41) is 15.7. The molecule has 0 saturated carbocycles. The van der Waals surface area contributed by atoms with Crippen LogP contribution in [0.2, 0.25) is 0 Å². The van der Waals surface area contributed by atoms with Crippen molar-refractivity contribution in [3.05, 3.63) is 63.2 Å². The van der Waals surface area contributed by atoms with E-state index >= 15 is 0 Å². The Morgan fingerprint density at radius 1 is 0.941 bits per heavy atom. The predicted octanol–water partition coefficient (Wildman–Crippen LogP) is 7.70. The number of hydrogen-bond acceptors (Lipinski definition) is 5. The molecule has 2 aromatic carbocycles. The maximum absolute atomic E-state index is 11.9. The lowest BCUT2D eigenvalue weighted by Crippen LogP contribution is -2.26. The van der Waals surface area contributed by atoms with Gasteiger partial charge in [0.25, 0.3) is 5.69 Å². The molecule has 6 nitrogen and oxygen atoms in total. The van der Waals surface area contributed by atoms with E-state index in [0.717, 1.165) is 73.6 Å². The van der Waals surface area contributed by atoms with Crippen LogP contribution in [0.25, 0.3) is 11.1 Å². The van der Waals surface area contributed by atoms with Gasteiger partial charge < -0.3 is 4.84 Å². The molecule has 3 rings (SSSR count). The van der Waals surface area contributed by atoms with Crippen LogP contribution in [0.1, 0.15) is 102 Å². The highest BCUT2D eigenvalue weighted by Gasteiger charge is 2.43. The van der Waals surface area contributed by atoms with Gasteiger partial charge in [-0.15, -0.1) is 0 Å². The zero-order valence-corrected chi connectivity index (χ0v) is 20.9. The second-order valence-electron chi connectivity index (χ2n) is 9.28. The van der Waals surface area contributed by atoms with Gasteiger partial charge in [-0.3, -0.25) is 10.1 Å². The number of nitro groups is 1. The SMILES string of the molecule is CCCCC(=O)O/N=C(\C)c1ccc2c(c1)C(CCCC)(CCCC)c1cc([N+](=O)[O-])ccc1-2. The Kier molecular flexibility index (Phi) is 8.59. The number of unbranched alkanes of at least 4 members (excludes halogenated alkanes) is 3. The summed E-state index contributed by atoms with van der Waals surface area (Å²) >= 11 is 0. The van der Waals surface area contributed by atoms with Crippen LogP contribution in [0.3, 0.4) is 0 Å². The number of fused-ring (bicyclic) bond motifs is 3. The van der Waals surface area contributed by atoms with E-state index in [2.05, 4.69) is 31.1 Å². The topological polar surface area (TPSA) is 81.8 Å². The fourth-order valence-corrected chi connectivity index (χ4v) is 4.98. The first kappa shape index (κ1) is 25.6. The molecule has 0 spiro atoms. The Morgan fingerprint density at radius 3 is 2.12 bits per heavy atom. The molecule has 2 aromatic rings. The molecule has 0 N–H and O–H groups in total. The molecule has 6 heteroatoms. The van der Waals surface area contributed by atoms with Gasteiger partial charge in [0, 0.05) is 24.0 Å². The Labute approximate surface area is 202 Å². The highest BCUT2D eigenvalue weighted by atomic mass is 16.7. The quantitative estimate of drug-likeness (QED) is 0.139. The number of nitrogens with zero attached hydrogens (tertiary/aromatic N) is 2. The number of benzene rings is 2. The van der Waals surface area contributed by atoms with Crippen LogP contribution in [-0.2, 0) is 15.0 Å². The number of hydrogen-bond donors (Lipinski definition) is 0. The lowest BCUT2D eigenvalue weighted by molar-refractivity contribution is -0.384. The zero-order chi connectivity index (χ0) is 24.7. The van der Waals surface area contributed by atoms with Gasteiger partial charge in [0.2, 0.25) is 0 Å². The van der Waals surface area contributed by atoms with Crippen molar-refractivity contribution >= 4 is 17.4 Å². The van der Waals surface area contributed by atoms with Crippen molar-refractivity contribution in [3.63, 3.8) is 0 Å². The molecule has 34 heavy (non-hydrogen) atoms. The fourth-order valence-electron chi connectivity index (χ4n) is 4.98. The van der Waals surface area contributed by atoms with Gasteiger partial charge in [-0.25, -0.2) is 4.79 Å². The van der Waals surface area contributed by atoms with Gasteiger partial charge in [0.05, 0.1) is 10.6 Å². The molecule has 0 atom stereocenters. The minimum Gasteiger partial charge on any atom is -0.318 e. The predicted molar refractivity (Wildman–Crippen MR) is 136 cm³/mol. The Bertz CT molecular complexity index is 1070. The summed E-state index contributed by atoms with van der Waals surface area (Å²) in [4.78, 5) is 28.3. The molecular formula is C28H36N2O4. The Morgan fingerprint density at radius 2 is 1.53 bits per heavy atom. The highest BCUT2D eigenvalue weighted by molar-refractivity contribution is 6.00. The Balaban J connectivity index is 2.08. The first-order valence-electron chi connectivity index (χ1n) is 12.6. The van der Waals surface area contributed by atoms with Crippen LogP contribution in [0, 0.1) is 10.1 Å². The average Bonchev–Trinajstić information content (AvgIpc) is 3.12. The Hall–Kier alpha value is -3.02. The maximum atomic E-state index is 11.9. The van der Waals surface area contributed by atoms with Crippen LogP contribution in [0.15, 0.2) is 41.6 Å². The van der Waals surface area contributed by atoms with Crippen molar-refractivity contribution in [3.8, 4) is 11.1 Å². The van der Waals surface area contributed by atoms with Crippen LogP contribution in [0.5, 0.6) is 0 Å². The second-order valence-corrected chi connectivity index (χ2v) is 9.28.